The molecule has 0 rings (SSSR count). The van der Waals surface area contributed by atoms with Crippen LogP contribution < -0.4 is 5.32 Å². The van der Waals surface area contributed by atoms with Crippen LogP contribution in [0.1, 0.15) is 53.4 Å². The molecule has 0 aliphatic carbocycles. The van der Waals surface area contributed by atoms with Gasteiger partial charge < -0.3 is 5.32 Å². The van der Waals surface area contributed by atoms with Crippen molar-refractivity contribution in [2.45, 2.75) is 53.4 Å². The first-order chi connectivity index (χ1) is 7.91. The summed E-state index contributed by atoms with van der Waals surface area (Å²) in [4.78, 5) is 0. The van der Waals surface area contributed by atoms with Crippen LogP contribution in [0.4, 0.5) is 0 Å². The highest BCUT2D eigenvalue weighted by atomic mass is 14.8. The van der Waals surface area contributed by atoms with Crippen LogP contribution in [0.25, 0.3) is 0 Å². The van der Waals surface area contributed by atoms with E-state index in [1.807, 2.05) is 13.2 Å². The van der Waals surface area contributed by atoms with Crippen molar-refractivity contribution in [3.05, 3.63) is 36.1 Å². The van der Waals surface area contributed by atoms with Gasteiger partial charge in [-0.15, -0.1) is 0 Å². The smallest absolute Gasteiger partial charge is 0.00276 e. The maximum absolute atomic E-state index is 4.17. The van der Waals surface area contributed by atoms with E-state index in [1.54, 1.807) is 0 Å². The molecule has 0 spiro atoms. The highest BCUT2D eigenvalue weighted by Gasteiger charge is 2.13. The first-order valence-corrected chi connectivity index (χ1v) is 6.60. The summed E-state index contributed by atoms with van der Waals surface area (Å²) in [6, 6.07) is 0. The normalized spacial score (nSPS) is 13.1. The molecule has 1 N–H and O–H groups in total. The second-order valence-electron chi connectivity index (χ2n) is 5.50. The van der Waals surface area contributed by atoms with Gasteiger partial charge in [0, 0.05) is 7.05 Å². The molecule has 1 nitrogen and oxygen atoms in total. The summed E-state index contributed by atoms with van der Waals surface area (Å²) in [5, 5.41) is 3.02. The minimum atomic E-state index is 0.224. The van der Waals surface area contributed by atoms with Gasteiger partial charge in [0.05, 0.1) is 0 Å². The predicted molar refractivity (Wildman–Crippen MR) is 79.0 cm³/mol. The first kappa shape index (κ1) is 16.0. The molecule has 0 amide bonds. The molecular weight excluding hydrogens is 206 g/mol. The standard InChI is InChI=1S/C16H29N/c1-7-15(10-8-9-13-17-6)12-11-14(2)16(3,4)5/h9,12-13,17H,2,7-8,10-11H2,1,3-6H3/b13-9-,15-12-. The molecule has 0 aromatic carbocycles. The van der Waals surface area contributed by atoms with Crippen molar-refractivity contribution < 1.29 is 0 Å². The molecule has 0 saturated heterocycles. The summed E-state index contributed by atoms with van der Waals surface area (Å²) in [6.07, 6.45) is 11.0. The second-order valence-corrected chi connectivity index (χ2v) is 5.50. The number of hydrogen-bond donors (Lipinski definition) is 1. The monoisotopic (exact) mass is 235 g/mol. The molecule has 0 fully saturated rings. The fourth-order valence-electron chi connectivity index (χ4n) is 1.47. The van der Waals surface area contributed by atoms with Gasteiger partial charge in [0.25, 0.3) is 0 Å². The quantitative estimate of drug-likeness (QED) is 0.623. The van der Waals surface area contributed by atoms with E-state index in [9.17, 15) is 0 Å². The Morgan fingerprint density at radius 1 is 1.29 bits per heavy atom. The van der Waals surface area contributed by atoms with E-state index in [2.05, 4.69) is 51.7 Å². The lowest BCUT2D eigenvalue weighted by Gasteiger charge is -2.21. The lowest BCUT2D eigenvalue weighted by molar-refractivity contribution is 0.495. The molecule has 98 valence electrons. The maximum atomic E-state index is 4.17. The molecule has 0 radical (unpaired) electrons. The lowest BCUT2D eigenvalue weighted by atomic mass is 9.85. The first-order valence-electron chi connectivity index (χ1n) is 6.60. The highest BCUT2D eigenvalue weighted by molar-refractivity contribution is 5.14. The van der Waals surface area contributed by atoms with Crippen LogP contribution in [0.2, 0.25) is 0 Å². The van der Waals surface area contributed by atoms with Crippen molar-refractivity contribution in [2.75, 3.05) is 7.05 Å². The summed E-state index contributed by atoms with van der Waals surface area (Å²) >= 11 is 0. The van der Waals surface area contributed by atoms with Gasteiger partial charge in [-0.2, -0.15) is 0 Å². The van der Waals surface area contributed by atoms with Gasteiger partial charge in [-0.3, -0.25) is 0 Å². The van der Waals surface area contributed by atoms with Crippen LogP contribution in [0.3, 0.4) is 0 Å². The van der Waals surface area contributed by atoms with Gasteiger partial charge in [-0.1, -0.05) is 57.6 Å². The zero-order valence-electron chi connectivity index (χ0n) is 12.3. The Kier molecular flexibility index (Phi) is 7.69. The SMILES string of the molecule is C=C(C/C=C(/CC)CC/C=C\NC)C(C)(C)C. The van der Waals surface area contributed by atoms with E-state index in [0.717, 1.165) is 25.7 Å². The van der Waals surface area contributed by atoms with Crippen molar-refractivity contribution in [1.29, 1.82) is 0 Å². The van der Waals surface area contributed by atoms with Crippen LogP contribution in [0.15, 0.2) is 36.1 Å². The van der Waals surface area contributed by atoms with Crippen LogP contribution in [-0.4, -0.2) is 7.05 Å². The number of allylic oxidation sites excluding steroid dienone is 4. The number of hydrogen-bond acceptors (Lipinski definition) is 1. The van der Waals surface area contributed by atoms with Crippen molar-refractivity contribution in [1.82, 2.24) is 5.32 Å². The topological polar surface area (TPSA) is 12.0 Å². The zero-order valence-corrected chi connectivity index (χ0v) is 12.3. The predicted octanol–water partition coefficient (Wildman–Crippen LogP) is 4.83. The molecule has 0 aliphatic rings. The molecule has 0 saturated carbocycles. The Morgan fingerprint density at radius 2 is 1.94 bits per heavy atom. The van der Waals surface area contributed by atoms with Crippen molar-refractivity contribution in [3.8, 4) is 0 Å². The van der Waals surface area contributed by atoms with Crippen LogP contribution in [0.5, 0.6) is 0 Å². The Balaban J connectivity index is 4.18. The third-order valence-electron chi connectivity index (χ3n) is 3.07. The Hall–Kier alpha value is -0.980. The van der Waals surface area contributed by atoms with Gasteiger partial charge >= 0.3 is 0 Å². The summed E-state index contributed by atoms with van der Waals surface area (Å²) in [7, 11) is 1.93. The Labute approximate surface area is 108 Å². The maximum Gasteiger partial charge on any atom is 0.00276 e. The molecule has 0 unspecified atom stereocenters. The molecule has 0 atom stereocenters. The summed E-state index contributed by atoms with van der Waals surface area (Å²) in [6.45, 7) is 13.1. The molecule has 0 bridgehead atoms. The van der Waals surface area contributed by atoms with E-state index < -0.39 is 0 Å². The Morgan fingerprint density at radius 3 is 2.41 bits per heavy atom. The molecular formula is C16H29N. The summed E-state index contributed by atoms with van der Waals surface area (Å²) < 4.78 is 0. The van der Waals surface area contributed by atoms with Crippen LogP contribution in [0, 0.1) is 5.41 Å². The van der Waals surface area contributed by atoms with Gasteiger partial charge in [0.1, 0.15) is 0 Å². The van der Waals surface area contributed by atoms with E-state index in [1.165, 1.54) is 11.1 Å². The summed E-state index contributed by atoms with van der Waals surface area (Å²) in [5.74, 6) is 0. The molecule has 0 aromatic heterocycles. The van der Waals surface area contributed by atoms with E-state index in [4.69, 9.17) is 0 Å². The zero-order chi connectivity index (χ0) is 13.3. The molecule has 17 heavy (non-hydrogen) atoms. The largest absolute Gasteiger partial charge is 0.394 e. The van der Waals surface area contributed by atoms with Crippen LogP contribution >= 0.6 is 0 Å². The average Bonchev–Trinajstić information content (AvgIpc) is 2.26. The fourth-order valence-corrected chi connectivity index (χ4v) is 1.47. The van der Waals surface area contributed by atoms with Gasteiger partial charge in [0.15, 0.2) is 0 Å². The fraction of sp³-hybridized carbons (Fsp3) is 0.625. The third kappa shape index (κ3) is 7.84. The minimum absolute atomic E-state index is 0.224. The van der Waals surface area contributed by atoms with Crippen LogP contribution in [-0.2, 0) is 0 Å². The minimum Gasteiger partial charge on any atom is -0.394 e. The molecule has 0 heterocycles. The van der Waals surface area contributed by atoms with Gasteiger partial charge in [-0.25, -0.2) is 0 Å². The van der Waals surface area contributed by atoms with E-state index in [-0.39, 0.29) is 5.41 Å². The van der Waals surface area contributed by atoms with Crippen molar-refractivity contribution in [2.24, 2.45) is 5.41 Å². The number of rotatable bonds is 7. The Bertz CT molecular complexity index is 276. The molecule has 0 aromatic rings. The van der Waals surface area contributed by atoms with Crippen molar-refractivity contribution in [3.63, 3.8) is 0 Å². The lowest BCUT2D eigenvalue weighted by Crippen LogP contribution is -2.07. The third-order valence-corrected chi connectivity index (χ3v) is 3.07. The van der Waals surface area contributed by atoms with E-state index >= 15 is 0 Å². The second kappa shape index (κ2) is 8.16. The van der Waals surface area contributed by atoms with Gasteiger partial charge in [0.2, 0.25) is 0 Å². The molecule has 1 heteroatoms. The number of nitrogens with one attached hydrogen (secondary N) is 1. The average molecular weight is 235 g/mol. The van der Waals surface area contributed by atoms with Crippen molar-refractivity contribution >= 4 is 0 Å². The van der Waals surface area contributed by atoms with Gasteiger partial charge in [-0.05, 0) is 37.3 Å². The molecule has 0 aliphatic heterocycles. The summed E-state index contributed by atoms with van der Waals surface area (Å²) in [5.41, 5.74) is 3.08. The highest BCUT2D eigenvalue weighted by Crippen LogP contribution is 2.27. The van der Waals surface area contributed by atoms with E-state index in [0.29, 0.717) is 0 Å².